The first kappa shape index (κ1) is 12.7. The van der Waals surface area contributed by atoms with E-state index in [1.807, 2.05) is 20.8 Å². The summed E-state index contributed by atoms with van der Waals surface area (Å²) in [5.74, 6) is 0.630. The summed E-state index contributed by atoms with van der Waals surface area (Å²) in [4.78, 5) is 18.1. The monoisotopic (exact) mass is 264 g/mol. The Balaban J connectivity index is 1.76. The summed E-state index contributed by atoms with van der Waals surface area (Å²) in [5, 5.41) is 9.98. The number of carbonyl (C=O) groups is 1. The number of aliphatic hydroxyl groups excluding tert-OH is 1. The lowest BCUT2D eigenvalue weighted by atomic mass is 9.94. The fourth-order valence-corrected chi connectivity index (χ4v) is 2.61. The minimum absolute atomic E-state index is 0.0326. The van der Waals surface area contributed by atoms with Crippen LogP contribution in [0.25, 0.3) is 0 Å². The summed E-state index contributed by atoms with van der Waals surface area (Å²) in [7, 11) is 0. The molecule has 1 aromatic rings. The average molecular weight is 264 g/mol. The Morgan fingerprint density at radius 3 is 2.68 bits per heavy atom. The van der Waals surface area contributed by atoms with E-state index in [0.717, 1.165) is 12.8 Å². The molecule has 1 unspecified atom stereocenters. The van der Waals surface area contributed by atoms with Crippen molar-refractivity contribution in [2.75, 3.05) is 13.1 Å². The van der Waals surface area contributed by atoms with Gasteiger partial charge in [-0.1, -0.05) is 20.8 Å². The van der Waals surface area contributed by atoms with Crippen LogP contribution < -0.4 is 0 Å². The number of amides is 1. The van der Waals surface area contributed by atoms with Gasteiger partial charge in [0.2, 0.25) is 0 Å². The van der Waals surface area contributed by atoms with Crippen LogP contribution in [0.15, 0.2) is 10.6 Å². The molecule has 0 radical (unpaired) electrons. The number of rotatable bonds is 1. The summed E-state index contributed by atoms with van der Waals surface area (Å²) in [5.41, 5.74) is -0.192. The van der Waals surface area contributed by atoms with E-state index >= 15 is 0 Å². The molecule has 3 rings (SSSR count). The summed E-state index contributed by atoms with van der Waals surface area (Å²) < 4.78 is 5.56. The molecule has 5 nitrogen and oxygen atoms in total. The predicted molar refractivity (Wildman–Crippen MR) is 68.8 cm³/mol. The first-order valence-electron chi connectivity index (χ1n) is 6.75. The summed E-state index contributed by atoms with van der Waals surface area (Å²) in [6, 6.07) is 0. The van der Waals surface area contributed by atoms with Gasteiger partial charge in [-0.3, -0.25) is 4.79 Å². The maximum atomic E-state index is 12.3. The van der Waals surface area contributed by atoms with Crippen LogP contribution in [0.5, 0.6) is 0 Å². The molecule has 1 aliphatic carbocycles. The zero-order valence-electron chi connectivity index (χ0n) is 11.6. The Kier molecular flexibility index (Phi) is 2.55. The number of oxazole rings is 1. The van der Waals surface area contributed by atoms with Gasteiger partial charge in [0, 0.05) is 23.9 Å². The summed E-state index contributed by atoms with van der Waals surface area (Å²) >= 11 is 0. The third kappa shape index (κ3) is 2.06. The molecule has 2 heterocycles. The van der Waals surface area contributed by atoms with Gasteiger partial charge in [0.15, 0.2) is 0 Å². The van der Waals surface area contributed by atoms with Crippen molar-refractivity contribution in [1.29, 1.82) is 0 Å². The molecule has 1 spiro atoms. The van der Waals surface area contributed by atoms with Gasteiger partial charge in [0.1, 0.15) is 5.76 Å². The second-order valence-electron chi connectivity index (χ2n) is 6.84. The first-order valence-corrected chi connectivity index (χ1v) is 6.75. The highest BCUT2D eigenvalue weighted by Gasteiger charge is 2.55. The molecule has 2 aliphatic rings. The van der Waals surface area contributed by atoms with Crippen molar-refractivity contribution in [3.63, 3.8) is 0 Å². The Hall–Kier alpha value is -1.36. The highest BCUT2D eigenvalue weighted by molar-refractivity contribution is 5.90. The Bertz CT molecular complexity index is 511. The van der Waals surface area contributed by atoms with Crippen molar-refractivity contribution in [2.24, 2.45) is 5.41 Å². The van der Waals surface area contributed by atoms with Crippen molar-refractivity contribution < 1.29 is 14.3 Å². The van der Waals surface area contributed by atoms with E-state index < -0.39 is 6.10 Å². The number of hydrogen-bond donors (Lipinski definition) is 1. The molecular weight excluding hydrogens is 244 g/mol. The molecule has 1 amide bonds. The van der Waals surface area contributed by atoms with Crippen molar-refractivity contribution >= 4 is 5.91 Å². The Morgan fingerprint density at radius 1 is 1.53 bits per heavy atom. The maximum absolute atomic E-state index is 12.3. The number of nitrogens with zero attached hydrogens (tertiary/aromatic N) is 2. The molecular formula is C14H20N2O3. The van der Waals surface area contributed by atoms with Crippen molar-refractivity contribution in [1.82, 2.24) is 9.88 Å². The van der Waals surface area contributed by atoms with Crippen LogP contribution in [0.4, 0.5) is 0 Å². The quantitative estimate of drug-likeness (QED) is 0.836. The van der Waals surface area contributed by atoms with E-state index in [2.05, 4.69) is 4.98 Å². The van der Waals surface area contributed by atoms with Gasteiger partial charge in [0.25, 0.3) is 5.89 Å². The maximum Gasteiger partial charge on any atom is 0.309 e. The van der Waals surface area contributed by atoms with Crippen LogP contribution in [-0.2, 0) is 5.41 Å². The fourth-order valence-electron chi connectivity index (χ4n) is 2.61. The lowest BCUT2D eigenvalue weighted by Gasteiger charge is -2.15. The minimum atomic E-state index is -0.395. The third-order valence-corrected chi connectivity index (χ3v) is 4.21. The van der Waals surface area contributed by atoms with E-state index in [0.29, 0.717) is 18.8 Å². The van der Waals surface area contributed by atoms with Crippen LogP contribution in [0.3, 0.4) is 0 Å². The van der Waals surface area contributed by atoms with Gasteiger partial charge in [-0.2, -0.15) is 0 Å². The lowest BCUT2D eigenvalue weighted by Crippen LogP contribution is -2.29. The Morgan fingerprint density at radius 2 is 2.21 bits per heavy atom. The number of hydrogen-bond acceptors (Lipinski definition) is 4. The minimum Gasteiger partial charge on any atom is -0.437 e. The van der Waals surface area contributed by atoms with Gasteiger partial charge in [0.05, 0.1) is 12.3 Å². The second-order valence-corrected chi connectivity index (χ2v) is 6.84. The van der Waals surface area contributed by atoms with Crippen LogP contribution in [-0.4, -0.2) is 40.1 Å². The molecule has 19 heavy (non-hydrogen) atoms. The highest BCUT2D eigenvalue weighted by atomic mass is 16.4. The molecule has 2 fully saturated rings. The second kappa shape index (κ2) is 3.82. The Labute approximate surface area is 112 Å². The van der Waals surface area contributed by atoms with E-state index in [4.69, 9.17) is 4.42 Å². The molecule has 104 valence electrons. The molecule has 1 atom stereocenters. The molecule has 1 N–H and O–H groups in total. The first-order chi connectivity index (χ1) is 8.82. The van der Waals surface area contributed by atoms with Crippen LogP contribution in [0.2, 0.25) is 0 Å². The topological polar surface area (TPSA) is 66.6 Å². The standard InChI is InChI=1S/C14H20N2O3/c1-13(2,3)10-6-15-11(19-10)12(18)16-7-9(17)14(8-16)4-5-14/h6,9,17H,4-5,7-8H2,1-3H3. The molecule has 1 aliphatic heterocycles. The van der Waals surface area contributed by atoms with E-state index in [1.54, 1.807) is 11.1 Å². The fraction of sp³-hybridized carbons (Fsp3) is 0.714. The number of aliphatic hydroxyl groups is 1. The van der Waals surface area contributed by atoms with E-state index in [1.165, 1.54) is 0 Å². The number of carbonyl (C=O) groups excluding carboxylic acids is 1. The predicted octanol–water partition coefficient (Wildman–Crippen LogP) is 1.57. The average Bonchev–Trinajstić information content (AvgIpc) is 2.81. The summed E-state index contributed by atoms with van der Waals surface area (Å²) in [6.45, 7) is 7.06. The van der Waals surface area contributed by atoms with Crippen LogP contribution in [0.1, 0.15) is 50.1 Å². The van der Waals surface area contributed by atoms with Gasteiger partial charge < -0.3 is 14.4 Å². The smallest absolute Gasteiger partial charge is 0.309 e. The highest BCUT2D eigenvalue weighted by Crippen LogP contribution is 2.52. The van der Waals surface area contributed by atoms with Gasteiger partial charge in [-0.25, -0.2) is 4.98 Å². The van der Waals surface area contributed by atoms with Crippen molar-refractivity contribution in [3.8, 4) is 0 Å². The van der Waals surface area contributed by atoms with Crippen molar-refractivity contribution in [3.05, 3.63) is 17.8 Å². The zero-order chi connectivity index (χ0) is 13.8. The van der Waals surface area contributed by atoms with Crippen molar-refractivity contribution in [2.45, 2.75) is 45.1 Å². The largest absolute Gasteiger partial charge is 0.437 e. The van der Waals surface area contributed by atoms with Crippen LogP contribution in [0, 0.1) is 5.41 Å². The molecule has 1 saturated carbocycles. The van der Waals surface area contributed by atoms with E-state index in [-0.39, 0.29) is 22.6 Å². The van der Waals surface area contributed by atoms with Gasteiger partial charge in [-0.15, -0.1) is 0 Å². The number of aromatic nitrogens is 1. The third-order valence-electron chi connectivity index (χ3n) is 4.21. The molecule has 5 heteroatoms. The zero-order valence-corrected chi connectivity index (χ0v) is 11.6. The lowest BCUT2D eigenvalue weighted by molar-refractivity contribution is 0.0722. The van der Waals surface area contributed by atoms with E-state index in [9.17, 15) is 9.90 Å². The number of likely N-dealkylation sites (tertiary alicyclic amines) is 1. The molecule has 1 saturated heterocycles. The van der Waals surface area contributed by atoms with Gasteiger partial charge >= 0.3 is 5.91 Å². The number of β-amino-alcohol motifs (C(OH)–C–C–N with tert-alkyl or cyclic N) is 1. The molecule has 0 aromatic carbocycles. The molecule has 1 aromatic heterocycles. The summed E-state index contributed by atoms with van der Waals surface area (Å²) in [6.07, 6.45) is 3.24. The van der Waals surface area contributed by atoms with Crippen LogP contribution >= 0.6 is 0 Å². The van der Waals surface area contributed by atoms with Gasteiger partial charge in [-0.05, 0) is 12.8 Å². The normalized spacial score (nSPS) is 25.1. The SMILES string of the molecule is CC(C)(C)c1cnc(C(=O)N2CC(O)C3(CC3)C2)o1. The molecule has 0 bridgehead atoms.